The van der Waals surface area contributed by atoms with E-state index in [0.29, 0.717) is 23.9 Å². The van der Waals surface area contributed by atoms with E-state index in [9.17, 15) is 9.90 Å². The Morgan fingerprint density at radius 2 is 2.16 bits per heavy atom. The molecule has 2 rings (SSSR count). The molecule has 25 heavy (non-hydrogen) atoms. The number of rotatable bonds is 10. The van der Waals surface area contributed by atoms with Gasteiger partial charge in [0, 0.05) is 25.3 Å². The summed E-state index contributed by atoms with van der Waals surface area (Å²) >= 11 is 0. The lowest BCUT2D eigenvalue weighted by Crippen LogP contribution is -2.34. The number of nitrogens with one attached hydrogen (secondary N) is 1. The molecule has 0 aliphatic heterocycles. The topological polar surface area (TPSA) is 103 Å². The first kappa shape index (κ1) is 18.8. The van der Waals surface area contributed by atoms with Gasteiger partial charge in [0.1, 0.15) is 18.1 Å². The highest BCUT2D eigenvalue weighted by molar-refractivity contribution is 5.92. The largest absolute Gasteiger partial charge is 0.497 e. The standard InChI is InChI=1S/C17H22N2O6/c1-3-23-10-12(20)9-18-17(21)16-8-15(25-19-16)11-24-14-6-4-5-13(7-14)22-2/h4-8,12,20H,3,9-11H2,1-2H3,(H,18,21). The van der Waals surface area contributed by atoms with E-state index in [2.05, 4.69) is 10.5 Å². The molecule has 0 saturated heterocycles. The van der Waals surface area contributed by atoms with E-state index in [1.54, 1.807) is 25.3 Å². The molecule has 1 atom stereocenters. The second-order valence-corrected chi connectivity index (χ2v) is 5.17. The minimum atomic E-state index is -0.772. The first-order valence-electron chi connectivity index (χ1n) is 7.88. The van der Waals surface area contributed by atoms with E-state index >= 15 is 0 Å². The Morgan fingerprint density at radius 3 is 2.92 bits per heavy atom. The highest BCUT2D eigenvalue weighted by Gasteiger charge is 2.14. The fourth-order valence-corrected chi connectivity index (χ4v) is 1.95. The van der Waals surface area contributed by atoms with Gasteiger partial charge in [-0.25, -0.2) is 0 Å². The zero-order chi connectivity index (χ0) is 18.1. The summed E-state index contributed by atoms with van der Waals surface area (Å²) in [6.07, 6.45) is -0.772. The Kier molecular flexibility index (Phi) is 7.24. The summed E-state index contributed by atoms with van der Waals surface area (Å²) < 4.78 is 20.8. The molecule has 8 nitrogen and oxygen atoms in total. The third-order valence-corrected chi connectivity index (χ3v) is 3.23. The predicted molar refractivity (Wildman–Crippen MR) is 88.7 cm³/mol. The van der Waals surface area contributed by atoms with Gasteiger partial charge in [-0.1, -0.05) is 11.2 Å². The van der Waals surface area contributed by atoms with E-state index in [0.717, 1.165) is 0 Å². The predicted octanol–water partition coefficient (Wildman–Crippen LogP) is 1.39. The van der Waals surface area contributed by atoms with E-state index in [4.69, 9.17) is 18.7 Å². The third kappa shape index (κ3) is 6.09. The number of hydrogen-bond acceptors (Lipinski definition) is 7. The molecule has 1 aromatic carbocycles. The summed E-state index contributed by atoms with van der Waals surface area (Å²) in [5.41, 5.74) is 0.118. The van der Waals surface area contributed by atoms with Crippen LogP contribution in [0.4, 0.5) is 0 Å². The lowest BCUT2D eigenvalue weighted by Gasteiger charge is -2.10. The van der Waals surface area contributed by atoms with Gasteiger partial charge in [0.15, 0.2) is 11.5 Å². The van der Waals surface area contributed by atoms with Crippen molar-refractivity contribution < 1.29 is 28.6 Å². The average Bonchev–Trinajstić information content (AvgIpc) is 3.12. The van der Waals surface area contributed by atoms with Crippen LogP contribution in [0.5, 0.6) is 11.5 Å². The molecule has 1 amide bonds. The second-order valence-electron chi connectivity index (χ2n) is 5.17. The minimum Gasteiger partial charge on any atom is -0.497 e. The van der Waals surface area contributed by atoms with Crippen LogP contribution in [-0.4, -0.2) is 49.1 Å². The number of benzene rings is 1. The fraction of sp³-hybridized carbons (Fsp3) is 0.412. The molecule has 136 valence electrons. The van der Waals surface area contributed by atoms with Gasteiger partial charge in [-0.3, -0.25) is 4.79 Å². The van der Waals surface area contributed by atoms with Crippen LogP contribution >= 0.6 is 0 Å². The Labute approximate surface area is 145 Å². The van der Waals surface area contributed by atoms with Gasteiger partial charge >= 0.3 is 0 Å². The maximum absolute atomic E-state index is 12.0. The van der Waals surface area contributed by atoms with Crippen LogP contribution in [0.25, 0.3) is 0 Å². The van der Waals surface area contributed by atoms with Gasteiger partial charge < -0.3 is 29.2 Å². The fourth-order valence-electron chi connectivity index (χ4n) is 1.95. The van der Waals surface area contributed by atoms with Gasteiger partial charge in [0.2, 0.25) is 0 Å². The normalized spacial score (nSPS) is 11.8. The van der Waals surface area contributed by atoms with Crippen LogP contribution in [0.3, 0.4) is 0 Å². The van der Waals surface area contributed by atoms with Gasteiger partial charge in [0.05, 0.1) is 19.8 Å². The van der Waals surface area contributed by atoms with Gasteiger partial charge in [-0.15, -0.1) is 0 Å². The molecule has 8 heteroatoms. The molecule has 0 radical (unpaired) electrons. The highest BCUT2D eigenvalue weighted by atomic mass is 16.5. The maximum atomic E-state index is 12.0. The third-order valence-electron chi connectivity index (χ3n) is 3.23. The monoisotopic (exact) mass is 350 g/mol. The summed E-state index contributed by atoms with van der Waals surface area (Å²) in [5.74, 6) is 1.26. The lowest BCUT2D eigenvalue weighted by molar-refractivity contribution is 0.0417. The number of aromatic nitrogens is 1. The highest BCUT2D eigenvalue weighted by Crippen LogP contribution is 2.20. The SMILES string of the molecule is CCOCC(O)CNC(=O)c1cc(COc2cccc(OC)c2)on1. The lowest BCUT2D eigenvalue weighted by atomic mass is 10.3. The van der Waals surface area contributed by atoms with Crippen LogP contribution in [0.2, 0.25) is 0 Å². The van der Waals surface area contributed by atoms with E-state index < -0.39 is 12.0 Å². The second kappa shape index (κ2) is 9.65. The molecule has 0 fully saturated rings. The molecular formula is C17H22N2O6. The van der Waals surface area contributed by atoms with Crippen LogP contribution in [0, 0.1) is 0 Å². The first-order chi connectivity index (χ1) is 12.1. The van der Waals surface area contributed by atoms with Crippen LogP contribution in [0.1, 0.15) is 23.2 Å². The van der Waals surface area contributed by atoms with Crippen LogP contribution in [0.15, 0.2) is 34.9 Å². The van der Waals surface area contributed by atoms with Gasteiger partial charge in [-0.05, 0) is 19.1 Å². The zero-order valence-corrected chi connectivity index (χ0v) is 14.2. The van der Waals surface area contributed by atoms with Crippen molar-refractivity contribution in [1.29, 1.82) is 0 Å². The summed E-state index contributed by atoms with van der Waals surface area (Å²) in [7, 11) is 1.58. The Balaban J connectivity index is 1.81. The molecule has 0 aliphatic carbocycles. The maximum Gasteiger partial charge on any atom is 0.273 e. The molecule has 1 aromatic heterocycles. The Morgan fingerprint density at radius 1 is 1.36 bits per heavy atom. The Bertz CT molecular complexity index is 673. The molecule has 1 heterocycles. The number of hydrogen-bond donors (Lipinski definition) is 2. The minimum absolute atomic E-state index is 0.0708. The van der Waals surface area contributed by atoms with Crippen molar-refractivity contribution in [2.24, 2.45) is 0 Å². The summed E-state index contributed by atoms with van der Waals surface area (Å²) in [6.45, 7) is 2.69. The van der Waals surface area contributed by atoms with Crippen LogP contribution < -0.4 is 14.8 Å². The van der Waals surface area contributed by atoms with Gasteiger partial charge in [0.25, 0.3) is 5.91 Å². The van der Waals surface area contributed by atoms with Gasteiger partial charge in [-0.2, -0.15) is 0 Å². The molecule has 2 N–H and O–H groups in total. The van der Waals surface area contributed by atoms with Crippen molar-refractivity contribution in [3.8, 4) is 11.5 Å². The number of ether oxygens (including phenoxy) is 3. The summed E-state index contributed by atoms with van der Waals surface area (Å²) in [4.78, 5) is 12.0. The molecule has 0 saturated carbocycles. The average molecular weight is 350 g/mol. The summed E-state index contributed by atoms with van der Waals surface area (Å²) in [5, 5.41) is 15.9. The van der Waals surface area contributed by atoms with Crippen molar-refractivity contribution in [2.45, 2.75) is 19.6 Å². The van der Waals surface area contributed by atoms with Crippen LogP contribution in [-0.2, 0) is 11.3 Å². The van der Waals surface area contributed by atoms with Crippen molar-refractivity contribution >= 4 is 5.91 Å². The molecule has 2 aromatic rings. The van der Waals surface area contributed by atoms with E-state index in [-0.39, 0.29) is 25.5 Å². The van der Waals surface area contributed by atoms with Crippen molar-refractivity contribution in [3.05, 3.63) is 41.8 Å². The zero-order valence-electron chi connectivity index (χ0n) is 14.2. The van der Waals surface area contributed by atoms with Crippen molar-refractivity contribution in [1.82, 2.24) is 10.5 Å². The number of nitrogens with zero attached hydrogens (tertiary/aromatic N) is 1. The first-order valence-corrected chi connectivity index (χ1v) is 7.88. The van der Waals surface area contributed by atoms with E-state index in [1.165, 1.54) is 6.07 Å². The number of aliphatic hydroxyl groups is 1. The number of carbonyl (C=O) groups is 1. The van der Waals surface area contributed by atoms with E-state index in [1.807, 2.05) is 13.0 Å². The smallest absolute Gasteiger partial charge is 0.273 e. The quantitative estimate of drug-likeness (QED) is 0.667. The van der Waals surface area contributed by atoms with Crippen molar-refractivity contribution in [2.75, 3.05) is 26.9 Å². The number of aliphatic hydroxyl groups excluding tert-OH is 1. The number of carbonyl (C=O) groups excluding carboxylic acids is 1. The number of methoxy groups -OCH3 is 1. The Hall–Kier alpha value is -2.58. The van der Waals surface area contributed by atoms with Crippen molar-refractivity contribution in [3.63, 3.8) is 0 Å². The molecular weight excluding hydrogens is 328 g/mol. The molecule has 0 aliphatic rings. The molecule has 0 spiro atoms. The molecule has 0 bridgehead atoms. The number of amides is 1. The summed E-state index contributed by atoms with van der Waals surface area (Å²) in [6, 6.07) is 8.63. The molecule has 1 unspecified atom stereocenters.